The third-order valence-corrected chi connectivity index (χ3v) is 1.50. The second kappa shape index (κ2) is 3.93. The van der Waals surface area contributed by atoms with E-state index in [4.69, 9.17) is 5.11 Å². The van der Waals surface area contributed by atoms with Gasteiger partial charge in [0, 0.05) is 25.4 Å². The molecule has 1 heterocycles. The predicted octanol–water partition coefficient (Wildman–Crippen LogP) is 0.569. The Labute approximate surface area is 65.3 Å². The summed E-state index contributed by atoms with van der Waals surface area (Å²) in [4.78, 5) is 9.99. The van der Waals surface area contributed by atoms with E-state index in [1.807, 2.05) is 23.0 Å². The van der Waals surface area contributed by atoms with Crippen LogP contribution in [0, 0.1) is 0 Å². The van der Waals surface area contributed by atoms with Gasteiger partial charge >= 0.3 is 0 Å². The van der Waals surface area contributed by atoms with Crippen LogP contribution in [-0.2, 0) is 17.9 Å². The van der Waals surface area contributed by atoms with Crippen molar-refractivity contribution in [2.75, 3.05) is 0 Å². The molecule has 0 saturated heterocycles. The molecule has 60 valence electrons. The number of rotatable bonds is 4. The maximum absolute atomic E-state index is 9.99. The number of aliphatic hydroxyl groups is 1. The summed E-state index contributed by atoms with van der Waals surface area (Å²) >= 11 is 0. The summed E-state index contributed by atoms with van der Waals surface area (Å²) in [5.74, 6) is 0. The summed E-state index contributed by atoms with van der Waals surface area (Å²) < 4.78 is 1.89. The van der Waals surface area contributed by atoms with Crippen molar-refractivity contribution in [3.05, 3.63) is 24.0 Å². The van der Waals surface area contributed by atoms with Crippen molar-refractivity contribution < 1.29 is 9.90 Å². The monoisotopic (exact) mass is 153 g/mol. The lowest BCUT2D eigenvalue weighted by Crippen LogP contribution is -1.94. The van der Waals surface area contributed by atoms with Crippen LogP contribution >= 0.6 is 0 Å². The highest BCUT2D eigenvalue weighted by Gasteiger charge is 1.93. The Morgan fingerprint density at radius 3 is 3.00 bits per heavy atom. The summed E-state index contributed by atoms with van der Waals surface area (Å²) in [6.45, 7) is 0.761. The van der Waals surface area contributed by atoms with Crippen molar-refractivity contribution in [2.24, 2.45) is 0 Å². The molecule has 1 aromatic rings. The lowest BCUT2D eigenvalue weighted by atomic mass is 10.4. The molecule has 0 radical (unpaired) electrons. The zero-order valence-electron chi connectivity index (χ0n) is 6.23. The summed E-state index contributed by atoms with van der Waals surface area (Å²) in [7, 11) is 0. The molecular formula is C8H11NO2. The van der Waals surface area contributed by atoms with Crippen LogP contribution in [-0.4, -0.2) is 16.0 Å². The van der Waals surface area contributed by atoms with Gasteiger partial charge in [-0.25, -0.2) is 0 Å². The molecule has 1 rings (SSSR count). The molecule has 1 aromatic heterocycles. The van der Waals surface area contributed by atoms with Crippen molar-refractivity contribution in [1.29, 1.82) is 0 Å². The number of hydrogen-bond acceptors (Lipinski definition) is 2. The first-order valence-corrected chi connectivity index (χ1v) is 3.56. The lowest BCUT2D eigenvalue weighted by molar-refractivity contribution is -0.108. The van der Waals surface area contributed by atoms with Gasteiger partial charge in [0.25, 0.3) is 0 Å². The first kappa shape index (κ1) is 8.01. The van der Waals surface area contributed by atoms with E-state index in [9.17, 15) is 4.79 Å². The van der Waals surface area contributed by atoms with E-state index in [2.05, 4.69) is 0 Å². The smallest absolute Gasteiger partial charge is 0.121 e. The molecule has 0 bridgehead atoms. The quantitative estimate of drug-likeness (QED) is 0.642. The molecule has 0 unspecified atom stereocenters. The minimum absolute atomic E-state index is 0.0636. The van der Waals surface area contributed by atoms with Crippen molar-refractivity contribution >= 4 is 6.29 Å². The Bertz CT molecular complexity index is 230. The molecule has 3 nitrogen and oxygen atoms in total. The maximum atomic E-state index is 9.99. The molecule has 0 saturated carbocycles. The van der Waals surface area contributed by atoms with Crippen LogP contribution in [0.15, 0.2) is 18.5 Å². The maximum Gasteiger partial charge on any atom is 0.121 e. The van der Waals surface area contributed by atoms with Crippen LogP contribution in [0.25, 0.3) is 0 Å². The first-order valence-electron chi connectivity index (χ1n) is 3.56. The van der Waals surface area contributed by atoms with Crippen LogP contribution in [0.2, 0.25) is 0 Å². The van der Waals surface area contributed by atoms with Gasteiger partial charge in [-0.3, -0.25) is 0 Å². The van der Waals surface area contributed by atoms with Gasteiger partial charge in [0.2, 0.25) is 0 Å². The van der Waals surface area contributed by atoms with Crippen LogP contribution < -0.4 is 0 Å². The van der Waals surface area contributed by atoms with E-state index in [1.54, 1.807) is 0 Å². The second-order valence-electron chi connectivity index (χ2n) is 2.37. The molecule has 0 aliphatic heterocycles. The molecule has 1 N–H and O–H groups in total. The number of aliphatic hydroxyl groups excluding tert-OH is 1. The molecule has 0 amide bonds. The average molecular weight is 153 g/mol. The zero-order valence-corrected chi connectivity index (χ0v) is 6.23. The van der Waals surface area contributed by atoms with Gasteiger partial charge in [-0.1, -0.05) is 0 Å². The fourth-order valence-corrected chi connectivity index (χ4v) is 0.925. The molecule has 3 heteroatoms. The van der Waals surface area contributed by atoms with E-state index in [0.29, 0.717) is 13.0 Å². The summed E-state index contributed by atoms with van der Waals surface area (Å²) in [6, 6.07) is 1.84. The molecule has 0 atom stereocenters. The summed E-state index contributed by atoms with van der Waals surface area (Å²) in [5, 5.41) is 8.69. The highest BCUT2D eigenvalue weighted by molar-refractivity contribution is 5.48. The number of carbonyl (C=O) groups is 1. The predicted molar refractivity (Wildman–Crippen MR) is 41.0 cm³/mol. The van der Waals surface area contributed by atoms with E-state index in [0.717, 1.165) is 11.8 Å². The van der Waals surface area contributed by atoms with Crippen molar-refractivity contribution in [2.45, 2.75) is 19.6 Å². The van der Waals surface area contributed by atoms with Crippen LogP contribution in [0.4, 0.5) is 0 Å². The number of hydrogen-bond donors (Lipinski definition) is 1. The third-order valence-electron chi connectivity index (χ3n) is 1.50. The van der Waals surface area contributed by atoms with Gasteiger partial charge in [-0.2, -0.15) is 0 Å². The van der Waals surface area contributed by atoms with Crippen LogP contribution in [0.3, 0.4) is 0 Å². The standard InChI is InChI=1S/C8H11NO2/c10-5-1-3-9-4-2-8(6-9)7-11/h2,4-6,11H,1,3,7H2. The van der Waals surface area contributed by atoms with Crippen molar-refractivity contribution in [3.63, 3.8) is 0 Å². The topological polar surface area (TPSA) is 42.2 Å². The molecule has 0 aliphatic rings. The Hall–Kier alpha value is -1.09. The number of aldehydes is 1. The highest BCUT2D eigenvalue weighted by Crippen LogP contribution is 2.00. The SMILES string of the molecule is O=CCCn1ccc(CO)c1. The minimum Gasteiger partial charge on any atom is -0.392 e. The van der Waals surface area contributed by atoms with Gasteiger partial charge in [0.15, 0.2) is 0 Å². The van der Waals surface area contributed by atoms with E-state index in [1.165, 1.54) is 0 Å². The second-order valence-corrected chi connectivity index (χ2v) is 2.37. The number of carbonyl (C=O) groups excluding carboxylic acids is 1. The van der Waals surface area contributed by atoms with Crippen LogP contribution in [0.1, 0.15) is 12.0 Å². The summed E-state index contributed by atoms with van der Waals surface area (Å²) in [5.41, 5.74) is 0.885. The Morgan fingerprint density at radius 2 is 2.45 bits per heavy atom. The zero-order chi connectivity index (χ0) is 8.10. The Balaban J connectivity index is 2.50. The van der Waals surface area contributed by atoms with Gasteiger partial charge < -0.3 is 14.5 Å². The van der Waals surface area contributed by atoms with Crippen LogP contribution in [0.5, 0.6) is 0 Å². The number of aromatic nitrogens is 1. The third kappa shape index (κ3) is 2.20. The minimum atomic E-state index is 0.0636. The van der Waals surface area contributed by atoms with Gasteiger partial charge in [0.1, 0.15) is 6.29 Å². The van der Waals surface area contributed by atoms with Crippen molar-refractivity contribution in [3.8, 4) is 0 Å². The van der Waals surface area contributed by atoms with Gasteiger partial charge in [-0.15, -0.1) is 0 Å². The molecule has 0 spiro atoms. The number of aryl methyl sites for hydroxylation is 1. The lowest BCUT2D eigenvalue weighted by Gasteiger charge is -1.95. The summed E-state index contributed by atoms with van der Waals surface area (Å²) in [6.07, 6.45) is 5.11. The average Bonchev–Trinajstić information content (AvgIpc) is 2.48. The largest absolute Gasteiger partial charge is 0.392 e. The van der Waals surface area contributed by atoms with E-state index >= 15 is 0 Å². The van der Waals surface area contributed by atoms with Gasteiger partial charge in [-0.05, 0) is 11.6 Å². The van der Waals surface area contributed by atoms with Gasteiger partial charge in [0.05, 0.1) is 6.61 Å². The van der Waals surface area contributed by atoms with E-state index < -0.39 is 0 Å². The fourth-order valence-electron chi connectivity index (χ4n) is 0.925. The number of nitrogens with zero attached hydrogens (tertiary/aromatic N) is 1. The Kier molecular flexibility index (Phi) is 2.86. The van der Waals surface area contributed by atoms with Crippen molar-refractivity contribution in [1.82, 2.24) is 4.57 Å². The molecule has 0 aliphatic carbocycles. The molecule has 0 fully saturated rings. The first-order chi connectivity index (χ1) is 5.36. The molecule has 11 heavy (non-hydrogen) atoms. The highest BCUT2D eigenvalue weighted by atomic mass is 16.3. The normalized spacial score (nSPS) is 9.91. The fraction of sp³-hybridized carbons (Fsp3) is 0.375. The van der Waals surface area contributed by atoms with E-state index in [-0.39, 0.29) is 6.61 Å². The molecular weight excluding hydrogens is 142 g/mol. The molecule has 0 aromatic carbocycles. The Morgan fingerprint density at radius 1 is 1.64 bits per heavy atom.